The first kappa shape index (κ1) is 19.5. The smallest absolute Gasteiger partial charge is 0.272 e. The maximum absolute atomic E-state index is 13.2. The SMILES string of the molecule is CN1CCC2(CC1)CC(NC(=O)c1n[nH]c3ccc([N+](=O)[O-])cc13)c1ccccc1O2. The quantitative estimate of drug-likeness (QED) is 0.496. The van der Waals surface area contributed by atoms with Crippen molar-refractivity contribution in [2.75, 3.05) is 20.1 Å². The number of para-hydroxylation sites is 1. The van der Waals surface area contributed by atoms with Gasteiger partial charge < -0.3 is 15.0 Å². The number of amides is 1. The van der Waals surface area contributed by atoms with Crippen molar-refractivity contribution in [1.29, 1.82) is 0 Å². The molecule has 9 nitrogen and oxygen atoms in total. The van der Waals surface area contributed by atoms with Gasteiger partial charge in [-0.3, -0.25) is 20.0 Å². The van der Waals surface area contributed by atoms with Gasteiger partial charge in [0.25, 0.3) is 11.6 Å². The van der Waals surface area contributed by atoms with Gasteiger partial charge in [-0.2, -0.15) is 5.10 Å². The Balaban J connectivity index is 1.46. The van der Waals surface area contributed by atoms with E-state index in [1.165, 1.54) is 12.1 Å². The summed E-state index contributed by atoms with van der Waals surface area (Å²) in [6.45, 7) is 1.88. The summed E-state index contributed by atoms with van der Waals surface area (Å²) in [5, 5.41) is 21.6. The zero-order valence-corrected chi connectivity index (χ0v) is 17.1. The number of hydrogen-bond acceptors (Lipinski definition) is 6. The van der Waals surface area contributed by atoms with Crippen LogP contribution < -0.4 is 10.1 Å². The predicted octanol–water partition coefficient (Wildman–Crippen LogP) is 3.19. The van der Waals surface area contributed by atoms with Gasteiger partial charge >= 0.3 is 0 Å². The molecule has 2 aliphatic heterocycles. The number of hydrogen-bond donors (Lipinski definition) is 2. The van der Waals surface area contributed by atoms with Crippen molar-refractivity contribution in [2.45, 2.75) is 30.9 Å². The summed E-state index contributed by atoms with van der Waals surface area (Å²) in [6, 6.07) is 11.9. The van der Waals surface area contributed by atoms with E-state index in [2.05, 4.69) is 27.5 Å². The lowest BCUT2D eigenvalue weighted by molar-refractivity contribution is -0.384. The molecule has 5 rings (SSSR count). The van der Waals surface area contributed by atoms with Gasteiger partial charge in [0.05, 0.1) is 16.5 Å². The van der Waals surface area contributed by atoms with Crippen molar-refractivity contribution >= 4 is 22.5 Å². The molecule has 160 valence electrons. The third-order valence-corrected chi connectivity index (χ3v) is 6.37. The maximum Gasteiger partial charge on any atom is 0.272 e. The number of non-ortho nitro benzene ring substituents is 1. The summed E-state index contributed by atoms with van der Waals surface area (Å²) in [7, 11) is 2.10. The molecule has 3 aromatic rings. The van der Waals surface area contributed by atoms with E-state index in [4.69, 9.17) is 4.74 Å². The van der Waals surface area contributed by atoms with Crippen molar-refractivity contribution in [1.82, 2.24) is 20.4 Å². The van der Waals surface area contributed by atoms with Crippen LogP contribution >= 0.6 is 0 Å². The predicted molar refractivity (Wildman–Crippen MR) is 114 cm³/mol. The summed E-state index contributed by atoms with van der Waals surface area (Å²) in [4.78, 5) is 26.1. The van der Waals surface area contributed by atoms with Crippen LogP contribution in [0.5, 0.6) is 5.75 Å². The van der Waals surface area contributed by atoms with Crippen LogP contribution in [0.25, 0.3) is 10.9 Å². The molecule has 2 N–H and O–H groups in total. The first-order chi connectivity index (χ1) is 14.9. The fourth-order valence-electron chi connectivity index (χ4n) is 4.59. The standard InChI is InChI=1S/C22H23N5O4/c1-26-10-8-22(9-11-26)13-18(15-4-2-3-5-19(15)31-22)23-21(28)20-16-12-14(27(29)30)6-7-17(16)24-25-20/h2-7,12,18H,8-11,13H2,1H3,(H,23,28)(H,24,25). The minimum atomic E-state index is -0.479. The van der Waals surface area contributed by atoms with Crippen molar-refractivity contribution in [2.24, 2.45) is 0 Å². The number of likely N-dealkylation sites (tertiary alicyclic amines) is 1. The minimum absolute atomic E-state index is 0.0790. The second kappa shape index (κ2) is 7.35. The van der Waals surface area contributed by atoms with Crippen LogP contribution in [0.1, 0.15) is 41.4 Å². The second-order valence-corrected chi connectivity index (χ2v) is 8.42. The number of aromatic amines is 1. The fourth-order valence-corrected chi connectivity index (χ4v) is 4.59. The molecule has 0 aliphatic carbocycles. The van der Waals surface area contributed by atoms with Crippen LogP contribution in [-0.4, -0.2) is 51.7 Å². The molecule has 0 bridgehead atoms. The molecule has 1 aromatic heterocycles. The molecule has 1 amide bonds. The van der Waals surface area contributed by atoms with E-state index in [9.17, 15) is 14.9 Å². The van der Waals surface area contributed by atoms with Crippen molar-refractivity contribution in [3.63, 3.8) is 0 Å². The van der Waals surface area contributed by atoms with E-state index in [-0.39, 0.29) is 28.9 Å². The van der Waals surface area contributed by atoms with Crippen LogP contribution in [0.2, 0.25) is 0 Å². The van der Waals surface area contributed by atoms with Gasteiger partial charge in [-0.15, -0.1) is 0 Å². The van der Waals surface area contributed by atoms with E-state index >= 15 is 0 Å². The Morgan fingerprint density at radius 1 is 1.29 bits per heavy atom. The summed E-state index contributed by atoms with van der Waals surface area (Å²) in [5.74, 6) is 0.433. The number of rotatable bonds is 3. The number of carbonyl (C=O) groups is 1. The lowest BCUT2D eigenvalue weighted by atomic mass is 9.80. The fraction of sp³-hybridized carbons (Fsp3) is 0.364. The Kier molecular flexibility index (Phi) is 4.62. The molecule has 9 heteroatoms. The number of nitro benzene ring substituents is 1. The highest BCUT2D eigenvalue weighted by atomic mass is 16.6. The lowest BCUT2D eigenvalue weighted by Crippen LogP contribution is -2.51. The number of ether oxygens (including phenoxy) is 1. The Morgan fingerprint density at radius 2 is 2.06 bits per heavy atom. The van der Waals surface area contributed by atoms with Crippen molar-refractivity contribution in [3.8, 4) is 5.75 Å². The van der Waals surface area contributed by atoms with Gasteiger partial charge in [-0.1, -0.05) is 18.2 Å². The topological polar surface area (TPSA) is 113 Å². The van der Waals surface area contributed by atoms with Gasteiger partial charge in [0.1, 0.15) is 11.4 Å². The van der Waals surface area contributed by atoms with Crippen LogP contribution in [-0.2, 0) is 0 Å². The third-order valence-electron chi connectivity index (χ3n) is 6.37. The molecule has 0 saturated carbocycles. The number of fused-ring (bicyclic) bond motifs is 2. The monoisotopic (exact) mass is 421 g/mol. The van der Waals surface area contributed by atoms with Gasteiger partial charge in [0.2, 0.25) is 0 Å². The van der Waals surface area contributed by atoms with E-state index in [0.717, 1.165) is 37.2 Å². The minimum Gasteiger partial charge on any atom is -0.487 e. The van der Waals surface area contributed by atoms with Crippen LogP contribution in [0, 0.1) is 10.1 Å². The molecule has 1 saturated heterocycles. The number of H-pyrrole nitrogens is 1. The Hall–Kier alpha value is -3.46. The second-order valence-electron chi connectivity index (χ2n) is 8.42. The van der Waals surface area contributed by atoms with Crippen molar-refractivity contribution in [3.05, 3.63) is 63.8 Å². The number of nitrogens with zero attached hydrogens (tertiary/aromatic N) is 3. The molecule has 1 atom stereocenters. The van der Waals surface area contributed by atoms with Gasteiger partial charge in [-0.05, 0) is 32.0 Å². The highest BCUT2D eigenvalue weighted by Crippen LogP contribution is 2.44. The normalized spacial score (nSPS) is 20.2. The van der Waals surface area contributed by atoms with Crippen LogP contribution in [0.15, 0.2) is 42.5 Å². The highest BCUT2D eigenvalue weighted by Gasteiger charge is 2.43. The number of benzene rings is 2. The molecule has 1 fully saturated rings. The maximum atomic E-state index is 13.2. The Bertz CT molecular complexity index is 1170. The van der Waals surface area contributed by atoms with Crippen LogP contribution in [0.3, 0.4) is 0 Å². The number of nitro groups is 1. The molecule has 1 unspecified atom stereocenters. The summed E-state index contributed by atoms with van der Waals surface area (Å²) in [5.41, 5.74) is 1.27. The zero-order chi connectivity index (χ0) is 21.6. The molecule has 3 heterocycles. The highest BCUT2D eigenvalue weighted by molar-refractivity contribution is 6.05. The van der Waals surface area contributed by atoms with Crippen LogP contribution in [0.4, 0.5) is 5.69 Å². The molecule has 2 aromatic carbocycles. The summed E-state index contributed by atoms with van der Waals surface area (Å²) >= 11 is 0. The van der Waals surface area contributed by atoms with E-state index < -0.39 is 4.92 Å². The molecule has 31 heavy (non-hydrogen) atoms. The number of carbonyl (C=O) groups excluding carboxylic acids is 1. The molecular formula is C22H23N5O4. The molecular weight excluding hydrogens is 398 g/mol. The average molecular weight is 421 g/mol. The summed E-state index contributed by atoms with van der Waals surface area (Å²) < 4.78 is 6.45. The number of piperidine rings is 1. The molecule has 0 radical (unpaired) electrons. The van der Waals surface area contributed by atoms with Gasteiger partial charge in [-0.25, -0.2) is 0 Å². The Morgan fingerprint density at radius 3 is 2.84 bits per heavy atom. The first-order valence-corrected chi connectivity index (χ1v) is 10.3. The van der Waals surface area contributed by atoms with E-state index in [1.54, 1.807) is 6.07 Å². The lowest BCUT2D eigenvalue weighted by Gasteiger charge is -2.46. The van der Waals surface area contributed by atoms with Crippen molar-refractivity contribution < 1.29 is 14.5 Å². The van der Waals surface area contributed by atoms with Gasteiger partial charge in [0, 0.05) is 42.6 Å². The largest absolute Gasteiger partial charge is 0.487 e. The van der Waals surface area contributed by atoms with E-state index in [0.29, 0.717) is 17.3 Å². The first-order valence-electron chi connectivity index (χ1n) is 10.3. The zero-order valence-electron chi connectivity index (χ0n) is 17.1. The molecule has 1 spiro atoms. The number of aromatic nitrogens is 2. The summed E-state index contributed by atoms with van der Waals surface area (Å²) in [6.07, 6.45) is 2.45. The Labute approximate surface area is 178 Å². The van der Waals surface area contributed by atoms with E-state index in [1.807, 2.05) is 24.3 Å². The number of nitrogens with one attached hydrogen (secondary N) is 2. The average Bonchev–Trinajstić information content (AvgIpc) is 3.19. The van der Waals surface area contributed by atoms with Gasteiger partial charge in [0.15, 0.2) is 5.69 Å². The molecule has 2 aliphatic rings. The third kappa shape index (κ3) is 3.50.